The lowest BCUT2D eigenvalue weighted by Crippen LogP contribution is -2.38. The Balaban J connectivity index is 1.86. The summed E-state index contributed by atoms with van der Waals surface area (Å²) >= 11 is 1.40. The van der Waals surface area contributed by atoms with Gasteiger partial charge in [0, 0.05) is 12.8 Å². The average molecular weight is 272 g/mol. The highest BCUT2D eigenvalue weighted by Crippen LogP contribution is 2.35. The summed E-state index contributed by atoms with van der Waals surface area (Å²) in [6, 6.07) is 0. The highest BCUT2D eigenvalue weighted by molar-refractivity contribution is 7.99. The molecule has 0 aliphatic heterocycles. The van der Waals surface area contributed by atoms with Crippen molar-refractivity contribution in [2.24, 2.45) is 13.0 Å². The zero-order valence-corrected chi connectivity index (χ0v) is 10.9. The van der Waals surface area contributed by atoms with E-state index in [4.69, 9.17) is 5.11 Å². The van der Waals surface area contributed by atoms with Gasteiger partial charge in [-0.1, -0.05) is 11.8 Å². The fourth-order valence-corrected chi connectivity index (χ4v) is 3.09. The summed E-state index contributed by atoms with van der Waals surface area (Å²) in [4.78, 5) is 10.8. The molecule has 0 spiro atoms. The second kappa shape index (κ2) is 5.23. The molecule has 1 aliphatic carbocycles. The van der Waals surface area contributed by atoms with Crippen LogP contribution in [0, 0.1) is 5.92 Å². The Labute approximate surface area is 109 Å². The van der Waals surface area contributed by atoms with E-state index in [0.717, 1.165) is 0 Å². The van der Waals surface area contributed by atoms with E-state index >= 15 is 0 Å². The summed E-state index contributed by atoms with van der Waals surface area (Å²) in [6.07, 6.45) is 2.09. The Morgan fingerprint density at radius 3 is 2.72 bits per heavy atom. The van der Waals surface area contributed by atoms with Gasteiger partial charge in [-0.05, 0) is 36.1 Å². The molecule has 1 fully saturated rings. The molecule has 0 aromatic carbocycles. The molecule has 1 aliphatic rings. The first-order chi connectivity index (χ1) is 8.50. The van der Waals surface area contributed by atoms with Crippen molar-refractivity contribution in [1.29, 1.82) is 0 Å². The second-order valence-electron chi connectivity index (χ2n) is 4.71. The van der Waals surface area contributed by atoms with Gasteiger partial charge in [-0.15, -0.1) is 5.10 Å². The van der Waals surface area contributed by atoms with E-state index < -0.39 is 11.6 Å². The van der Waals surface area contributed by atoms with E-state index in [1.165, 1.54) is 11.8 Å². The van der Waals surface area contributed by atoms with E-state index in [0.29, 0.717) is 36.6 Å². The largest absolute Gasteiger partial charge is 0.481 e. The number of hydrogen-bond acceptors (Lipinski definition) is 6. The predicted molar refractivity (Wildman–Crippen MR) is 64.1 cm³/mol. The molecule has 0 amide bonds. The quantitative estimate of drug-likeness (QED) is 0.760. The zero-order chi connectivity index (χ0) is 13.2. The van der Waals surface area contributed by atoms with Crippen LogP contribution >= 0.6 is 11.8 Å². The van der Waals surface area contributed by atoms with E-state index in [9.17, 15) is 9.90 Å². The molecule has 0 unspecified atom stereocenters. The second-order valence-corrected chi connectivity index (χ2v) is 5.65. The summed E-state index contributed by atoms with van der Waals surface area (Å²) in [7, 11) is 1.74. The van der Waals surface area contributed by atoms with Crippen LogP contribution in [0.4, 0.5) is 0 Å². The maximum absolute atomic E-state index is 10.8. The molecular formula is C10H16N4O3S. The van der Waals surface area contributed by atoms with Crippen LogP contribution in [0.1, 0.15) is 25.7 Å². The van der Waals surface area contributed by atoms with Gasteiger partial charge in [-0.25, -0.2) is 4.68 Å². The number of aryl methyl sites for hydroxylation is 1. The van der Waals surface area contributed by atoms with Gasteiger partial charge in [0.05, 0.1) is 11.5 Å². The van der Waals surface area contributed by atoms with Gasteiger partial charge in [-0.2, -0.15) is 0 Å². The van der Waals surface area contributed by atoms with Gasteiger partial charge >= 0.3 is 5.97 Å². The number of aromatic nitrogens is 4. The van der Waals surface area contributed by atoms with Gasteiger partial charge in [0.15, 0.2) is 0 Å². The van der Waals surface area contributed by atoms with Crippen molar-refractivity contribution in [1.82, 2.24) is 20.2 Å². The Hall–Kier alpha value is -1.15. The fourth-order valence-electron chi connectivity index (χ4n) is 2.09. The summed E-state index contributed by atoms with van der Waals surface area (Å²) in [6.45, 7) is 0. The van der Waals surface area contributed by atoms with E-state index in [1.54, 1.807) is 11.7 Å². The molecular weight excluding hydrogens is 256 g/mol. The number of carboxylic acid groups (broad SMARTS) is 1. The van der Waals surface area contributed by atoms with Gasteiger partial charge < -0.3 is 10.2 Å². The highest BCUT2D eigenvalue weighted by atomic mass is 32.2. The Morgan fingerprint density at radius 1 is 1.56 bits per heavy atom. The molecule has 100 valence electrons. The van der Waals surface area contributed by atoms with Crippen LogP contribution < -0.4 is 0 Å². The van der Waals surface area contributed by atoms with Crippen LogP contribution in [0.2, 0.25) is 0 Å². The average Bonchev–Trinajstić information content (AvgIpc) is 2.73. The van der Waals surface area contributed by atoms with Crippen molar-refractivity contribution in [2.45, 2.75) is 36.4 Å². The molecule has 0 saturated heterocycles. The number of thioether (sulfide) groups is 1. The SMILES string of the molecule is Cn1nnnc1SCC1(O)CCC(C(=O)O)CC1. The topological polar surface area (TPSA) is 101 Å². The smallest absolute Gasteiger partial charge is 0.306 e. The third-order valence-corrected chi connectivity index (χ3v) is 4.60. The van der Waals surface area contributed by atoms with Crippen LogP contribution in [0.5, 0.6) is 0 Å². The molecule has 1 aromatic rings. The molecule has 1 saturated carbocycles. The number of carbonyl (C=O) groups is 1. The van der Waals surface area contributed by atoms with Crippen molar-refractivity contribution < 1.29 is 15.0 Å². The molecule has 8 heteroatoms. The number of aliphatic hydroxyl groups is 1. The van der Waals surface area contributed by atoms with Crippen LogP contribution in [0.15, 0.2) is 5.16 Å². The minimum Gasteiger partial charge on any atom is -0.481 e. The van der Waals surface area contributed by atoms with Crippen LogP contribution in [-0.2, 0) is 11.8 Å². The molecule has 2 rings (SSSR count). The Morgan fingerprint density at radius 2 is 2.22 bits per heavy atom. The summed E-state index contributed by atoms with van der Waals surface area (Å²) < 4.78 is 1.55. The molecule has 0 radical (unpaired) electrons. The van der Waals surface area contributed by atoms with Crippen LogP contribution in [-0.4, -0.2) is 47.7 Å². The molecule has 7 nitrogen and oxygen atoms in total. The van der Waals surface area contributed by atoms with E-state index in [-0.39, 0.29) is 5.92 Å². The van der Waals surface area contributed by atoms with Gasteiger partial charge in [-0.3, -0.25) is 4.79 Å². The number of hydrogen-bond donors (Lipinski definition) is 2. The minimum absolute atomic E-state index is 0.313. The van der Waals surface area contributed by atoms with Gasteiger partial charge in [0.1, 0.15) is 0 Å². The summed E-state index contributed by atoms with van der Waals surface area (Å²) in [5.74, 6) is -0.581. The van der Waals surface area contributed by atoms with Crippen molar-refractivity contribution in [3.8, 4) is 0 Å². The molecule has 1 heterocycles. The predicted octanol–water partition coefficient (Wildman–Crippen LogP) is 0.308. The number of tetrazole rings is 1. The maximum atomic E-state index is 10.8. The maximum Gasteiger partial charge on any atom is 0.306 e. The lowest BCUT2D eigenvalue weighted by molar-refractivity contribution is -0.144. The van der Waals surface area contributed by atoms with E-state index in [2.05, 4.69) is 15.5 Å². The van der Waals surface area contributed by atoms with Gasteiger partial charge in [0.25, 0.3) is 0 Å². The number of rotatable bonds is 4. The standard InChI is InChI=1S/C10H16N4O3S/c1-14-9(11-12-13-14)18-6-10(17)4-2-7(3-5-10)8(15)16/h7,17H,2-6H2,1H3,(H,15,16). The zero-order valence-electron chi connectivity index (χ0n) is 10.1. The summed E-state index contributed by atoms with van der Waals surface area (Å²) in [5.41, 5.74) is -0.803. The van der Waals surface area contributed by atoms with Crippen LogP contribution in [0.3, 0.4) is 0 Å². The number of nitrogens with zero attached hydrogens (tertiary/aromatic N) is 4. The molecule has 18 heavy (non-hydrogen) atoms. The summed E-state index contributed by atoms with van der Waals surface area (Å²) in [5, 5.41) is 31.0. The lowest BCUT2D eigenvalue weighted by Gasteiger charge is -2.34. The normalized spacial score (nSPS) is 28.2. The third-order valence-electron chi connectivity index (χ3n) is 3.32. The van der Waals surface area contributed by atoms with Crippen molar-refractivity contribution >= 4 is 17.7 Å². The molecule has 0 atom stereocenters. The van der Waals surface area contributed by atoms with Gasteiger partial charge in [0.2, 0.25) is 5.16 Å². The molecule has 1 aromatic heterocycles. The van der Waals surface area contributed by atoms with Crippen LogP contribution in [0.25, 0.3) is 0 Å². The third kappa shape index (κ3) is 2.99. The van der Waals surface area contributed by atoms with E-state index in [1.807, 2.05) is 0 Å². The van der Waals surface area contributed by atoms with Crippen molar-refractivity contribution in [3.63, 3.8) is 0 Å². The minimum atomic E-state index is -0.803. The first-order valence-electron chi connectivity index (χ1n) is 5.80. The Bertz CT molecular complexity index is 429. The lowest BCUT2D eigenvalue weighted by atomic mass is 9.80. The molecule has 2 N–H and O–H groups in total. The number of carboxylic acids is 1. The van der Waals surface area contributed by atoms with Crippen molar-refractivity contribution in [3.05, 3.63) is 0 Å². The monoisotopic (exact) mass is 272 g/mol. The molecule has 0 bridgehead atoms. The highest BCUT2D eigenvalue weighted by Gasteiger charge is 2.36. The number of aliphatic carboxylic acids is 1. The first kappa shape index (κ1) is 13.3. The first-order valence-corrected chi connectivity index (χ1v) is 6.79. The Kier molecular flexibility index (Phi) is 3.86. The van der Waals surface area contributed by atoms with Crippen molar-refractivity contribution in [2.75, 3.05) is 5.75 Å². The fraction of sp³-hybridized carbons (Fsp3) is 0.800.